The van der Waals surface area contributed by atoms with Gasteiger partial charge in [-0.05, 0) is 38.8 Å². The summed E-state index contributed by atoms with van der Waals surface area (Å²) >= 11 is 1.81. The van der Waals surface area contributed by atoms with Gasteiger partial charge in [0.25, 0.3) is 0 Å². The van der Waals surface area contributed by atoms with Crippen LogP contribution < -0.4 is 10.2 Å². The lowest BCUT2D eigenvalue weighted by atomic mass is 10.1. The summed E-state index contributed by atoms with van der Waals surface area (Å²) in [5.41, 5.74) is 2.18. The average molecular weight is 318 g/mol. The molecule has 1 aliphatic rings. The van der Waals surface area contributed by atoms with Crippen molar-refractivity contribution >= 4 is 22.9 Å². The molecule has 1 N–H and O–H groups in total. The molecule has 22 heavy (non-hydrogen) atoms. The van der Waals surface area contributed by atoms with Crippen molar-refractivity contribution in [1.82, 2.24) is 15.1 Å². The van der Waals surface area contributed by atoms with Crippen LogP contribution in [0.2, 0.25) is 0 Å². The molecule has 1 saturated heterocycles. The van der Waals surface area contributed by atoms with Gasteiger partial charge in [0.05, 0.1) is 17.9 Å². The Kier molecular flexibility index (Phi) is 4.06. The Morgan fingerprint density at radius 3 is 2.82 bits per heavy atom. The third-order valence-electron chi connectivity index (χ3n) is 4.21. The molecule has 0 radical (unpaired) electrons. The molecule has 1 amide bonds. The number of nitrogens with one attached hydrogen (secondary N) is 1. The first-order chi connectivity index (χ1) is 10.5. The molecule has 2 aromatic rings. The number of carbonyl (C=O) groups is 1. The highest BCUT2D eigenvalue weighted by atomic mass is 32.1. The van der Waals surface area contributed by atoms with Crippen LogP contribution in [0.15, 0.2) is 18.5 Å². The van der Waals surface area contributed by atoms with Crippen molar-refractivity contribution in [3.05, 3.63) is 33.8 Å². The fourth-order valence-electron chi connectivity index (χ4n) is 3.11. The smallest absolute Gasteiger partial charge is 0.244 e. The Balaban J connectivity index is 1.69. The molecule has 1 fully saturated rings. The first kappa shape index (κ1) is 15.2. The average Bonchev–Trinajstić information content (AvgIpc) is 3.11. The van der Waals surface area contributed by atoms with E-state index in [-0.39, 0.29) is 18.0 Å². The minimum absolute atomic E-state index is 0.116. The topological polar surface area (TPSA) is 50.2 Å². The van der Waals surface area contributed by atoms with Crippen molar-refractivity contribution in [2.45, 2.75) is 39.3 Å². The zero-order chi connectivity index (χ0) is 15.9. The fraction of sp³-hybridized carbons (Fsp3) is 0.500. The van der Waals surface area contributed by atoms with Crippen LogP contribution in [-0.4, -0.2) is 28.3 Å². The van der Waals surface area contributed by atoms with E-state index in [1.807, 2.05) is 29.5 Å². The van der Waals surface area contributed by atoms with Crippen molar-refractivity contribution in [1.29, 1.82) is 0 Å². The highest BCUT2D eigenvalue weighted by Gasteiger charge is 2.34. The molecule has 0 aliphatic carbocycles. The Hall–Kier alpha value is -1.66. The van der Waals surface area contributed by atoms with E-state index < -0.39 is 0 Å². The minimum Gasteiger partial charge on any atom is -0.308 e. The molecule has 118 valence electrons. The summed E-state index contributed by atoms with van der Waals surface area (Å²) in [6, 6.07) is 2.29. The standard InChI is InChI=1S/C16H22N4OS/c1-10-7-14(12(3)22-10)11(2)18-15-5-6-20(16(15)21)13-8-17-19(4)9-13/h7-9,11,15,18H,5-6H2,1-4H3/t11-,15+/m1/s1. The van der Waals surface area contributed by atoms with Crippen LogP contribution in [0, 0.1) is 13.8 Å². The molecule has 0 spiro atoms. The van der Waals surface area contributed by atoms with Gasteiger partial charge in [-0.15, -0.1) is 11.3 Å². The second-order valence-electron chi connectivity index (χ2n) is 5.96. The van der Waals surface area contributed by atoms with Gasteiger partial charge < -0.3 is 4.90 Å². The van der Waals surface area contributed by atoms with E-state index in [9.17, 15) is 4.79 Å². The third-order valence-corrected chi connectivity index (χ3v) is 5.19. The fourth-order valence-corrected chi connectivity index (χ4v) is 4.13. The SMILES string of the molecule is Cc1cc([C@@H](C)N[C@H]2CCN(c3cnn(C)c3)C2=O)c(C)s1. The molecule has 3 heterocycles. The van der Waals surface area contributed by atoms with E-state index in [0.717, 1.165) is 18.7 Å². The first-order valence-corrected chi connectivity index (χ1v) is 8.40. The molecule has 1 aliphatic heterocycles. The van der Waals surface area contributed by atoms with Gasteiger partial charge in [-0.25, -0.2) is 0 Å². The quantitative estimate of drug-likeness (QED) is 0.942. The van der Waals surface area contributed by atoms with E-state index in [1.54, 1.807) is 10.9 Å². The van der Waals surface area contributed by atoms with Crippen LogP contribution in [0.1, 0.15) is 34.7 Å². The lowest BCUT2D eigenvalue weighted by Crippen LogP contribution is -2.39. The number of rotatable bonds is 4. The number of thiophene rings is 1. The Bertz CT molecular complexity index is 690. The van der Waals surface area contributed by atoms with Crippen molar-refractivity contribution in [2.24, 2.45) is 7.05 Å². The maximum atomic E-state index is 12.6. The molecule has 6 heteroatoms. The van der Waals surface area contributed by atoms with Crippen LogP contribution >= 0.6 is 11.3 Å². The van der Waals surface area contributed by atoms with Crippen molar-refractivity contribution in [3.8, 4) is 0 Å². The van der Waals surface area contributed by atoms with Gasteiger partial charge in [-0.1, -0.05) is 0 Å². The van der Waals surface area contributed by atoms with E-state index in [1.165, 1.54) is 15.3 Å². The van der Waals surface area contributed by atoms with E-state index in [2.05, 4.69) is 37.3 Å². The molecule has 0 aromatic carbocycles. The molecule has 3 rings (SSSR count). The Morgan fingerprint density at radius 2 is 2.23 bits per heavy atom. The Morgan fingerprint density at radius 1 is 1.45 bits per heavy atom. The van der Waals surface area contributed by atoms with Crippen molar-refractivity contribution in [3.63, 3.8) is 0 Å². The van der Waals surface area contributed by atoms with Gasteiger partial charge >= 0.3 is 0 Å². The van der Waals surface area contributed by atoms with Crippen LogP contribution in [0.4, 0.5) is 5.69 Å². The maximum absolute atomic E-state index is 12.6. The molecule has 5 nitrogen and oxygen atoms in total. The molecular formula is C16H22N4OS. The van der Waals surface area contributed by atoms with E-state index in [4.69, 9.17) is 0 Å². The summed E-state index contributed by atoms with van der Waals surface area (Å²) in [7, 11) is 1.86. The minimum atomic E-state index is -0.116. The first-order valence-electron chi connectivity index (χ1n) is 7.58. The zero-order valence-corrected chi connectivity index (χ0v) is 14.3. The number of aromatic nitrogens is 2. The number of hydrogen-bond donors (Lipinski definition) is 1. The van der Waals surface area contributed by atoms with Gasteiger partial charge in [0.15, 0.2) is 0 Å². The lowest BCUT2D eigenvalue weighted by molar-refractivity contribution is -0.119. The molecule has 0 unspecified atom stereocenters. The van der Waals surface area contributed by atoms with Gasteiger partial charge in [0.1, 0.15) is 0 Å². The van der Waals surface area contributed by atoms with Crippen molar-refractivity contribution in [2.75, 3.05) is 11.4 Å². The van der Waals surface area contributed by atoms with E-state index in [0.29, 0.717) is 0 Å². The molecule has 0 saturated carbocycles. The van der Waals surface area contributed by atoms with E-state index >= 15 is 0 Å². The monoisotopic (exact) mass is 318 g/mol. The summed E-state index contributed by atoms with van der Waals surface area (Å²) < 4.78 is 1.73. The van der Waals surface area contributed by atoms with Gasteiger partial charge in [-0.3, -0.25) is 14.8 Å². The summed E-state index contributed by atoms with van der Waals surface area (Å²) in [4.78, 5) is 17.1. The number of carbonyl (C=O) groups excluding carboxylic acids is 1. The second kappa shape index (κ2) is 5.85. The van der Waals surface area contributed by atoms with Crippen LogP contribution in [0.3, 0.4) is 0 Å². The molecular weight excluding hydrogens is 296 g/mol. The number of hydrogen-bond acceptors (Lipinski definition) is 4. The highest BCUT2D eigenvalue weighted by Crippen LogP contribution is 2.28. The number of nitrogens with zero attached hydrogens (tertiary/aromatic N) is 3. The van der Waals surface area contributed by atoms with Crippen LogP contribution in [0.5, 0.6) is 0 Å². The summed E-state index contributed by atoms with van der Waals surface area (Å²) in [5.74, 6) is 0.143. The summed E-state index contributed by atoms with van der Waals surface area (Å²) in [6.45, 7) is 7.15. The maximum Gasteiger partial charge on any atom is 0.244 e. The number of anilines is 1. The summed E-state index contributed by atoms with van der Waals surface area (Å²) in [6.07, 6.45) is 4.46. The second-order valence-corrected chi connectivity index (χ2v) is 7.42. The Labute approximate surface area is 134 Å². The zero-order valence-electron chi connectivity index (χ0n) is 13.5. The van der Waals surface area contributed by atoms with Crippen molar-refractivity contribution < 1.29 is 4.79 Å². The third kappa shape index (κ3) is 2.80. The summed E-state index contributed by atoms with van der Waals surface area (Å²) in [5, 5.41) is 7.64. The predicted octanol–water partition coefficient (Wildman–Crippen LogP) is 2.55. The number of amides is 1. The molecule has 0 bridgehead atoms. The van der Waals surface area contributed by atoms with Gasteiger partial charge in [-0.2, -0.15) is 5.10 Å². The van der Waals surface area contributed by atoms with Gasteiger partial charge in [0, 0.05) is 35.6 Å². The van der Waals surface area contributed by atoms with Crippen LogP contribution in [-0.2, 0) is 11.8 Å². The normalized spacial score (nSPS) is 19.9. The lowest BCUT2D eigenvalue weighted by Gasteiger charge is -2.19. The number of aryl methyl sites for hydroxylation is 3. The predicted molar refractivity (Wildman–Crippen MR) is 89.3 cm³/mol. The van der Waals surface area contributed by atoms with Gasteiger partial charge in [0.2, 0.25) is 5.91 Å². The van der Waals surface area contributed by atoms with Crippen LogP contribution in [0.25, 0.3) is 0 Å². The highest BCUT2D eigenvalue weighted by molar-refractivity contribution is 7.12. The molecule has 2 atom stereocenters. The molecule has 2 aromatic heterocycles. The largest absolute Gasteiger partial charge is 0.308 e.